The first-order valence-electron chi connectivity index (χ1n) is 9.05. The molecule has 0 unspecified atom stereocenters. The minimum Gasteiger partial charge on any atom is -0.368 e. The number of benzene rings is 2. The maximum atomic E-state index is 6.20. The zero-order valence-corrected chi connectivity index (χ0v) is 15.8. The quantitative estimate of drug-likeness (QED) is 0.533. The van der Waals surface area contributed by atoms with E-state index in [-0.39, 0.29) is 0 Å². The van der Waals surface area contributed by atoms with Crippen molar-refractivity contribution in [2.45, 2.75) is 6.92 Å². The van der Waals surface area contributed by atoms with Crippen LogP contribution >= 0.6 is 11.6 Å². The minimum absolute atomic E-state index is 0.778. The standard InChI is InChI=1S/C20H19ClN6/c1-14-6-7-15(21)12-18(14)25-8-10-26(11-9-25)20-23-17-5-3-2-4-16(17)19-24-22-13-27(19)20/h2-7,12-13H,8-11H2,1H3. The average Bonchev–Trinajstić information content (AvgIpc) is 3.20. The predicted octanol–water partition coefficient (Wildman–Crippen LogP) is 3.57. The number of aryl methyl sites for hydroxylation is 1. The first-order chi connectivity index (χ1) is 13.2. The molecule has 5 rings (SSSR count). The van der Waals surface area contributed by atoms with Crippen LogP contribution in [0.15, 0.2) is 48.8 Å². The van der Waals surface area contributed by atoms with Crippen molar-refractivity contribution in [3.8, 4) is 0 Å². The first kappa shape index (κ1) is 16.3. The summed E-state index contributed by atoms with van der Waals surface area (Å²) < 4.78 is 1.99. The second-order valence-electron chi connectivity index (χ2n) is 6.86. The van der Waals surface area contributed by atoms with E-state index in [4.69, 9.17) is 16.6 Å². The van der Waals surface area contributed by atoms with Crippen LogP contribution in [0.5, 0.6) is 0 Å². The molecule has 3 heterocycles. The lowest BCUT2D eigenvalue weighted by Crippen LogP contribution is -2.47. The second-order valence-corrected chi connectivity index (χ2v) is 7.29. The third kappa shape index (κ3) is 2.77. The van der Waals surface area contributed by atoms with E-state index in [2.05, 4.69) is 39.1 Å². The number of hydrogen-bond donors (Lipinski definition) is 0. The highest BCUT2D eigenvalue weighted by Gasteiger charge is 2.22. The molecule has 6 nitrogen and oxygen atoms in total. The molecule has 2 aromatic carbocycles. The molecule has 0 aliphatic carbocycles. The van der Waals surface area contributed by atoms with Gasteiger partial charge in [0.1, 0.15) is 6.33 Å². The van der Waals surface area contributed by atoms with E-state index in [0.717, 1.165) is 53.7 Å². The van der Waals surface area contributed by atoms with Crippen LogP contribution in [0.4, 0.5) is 11.6 Å². The Morgan fingerprint density at radius 1 is 0.963 bits per heavy atom. The van der Waals surface area contributed by atoms with Gasteiger partial charge in [-0.2, -0.15) is 0 Å². The zero-order valence-electron chi connectivity index (χ0n) is 15.0. The van der Waals surface area contributed by atoms with Crippen LogP contribution in [0.2, 0.25) is 5.02 Å². The van der Waals surface area contributed by atoms with Crippen molar-refractivity contribution in [3.63, 3.8) is 0 Å². The maximum Gasteiger partial charge on any atom is 0.213 e. The van der Waals surface area contributed by atoms with E-state index in [1.807, 2.05) is 34.7 Å². The van der Waals surface area contributed by atoms with Crippen LogP contribution in [-0.2, 0) is 0 Å². The molecule has 7 heteroatoms. The number of hydrogen-bond acceptors (Lipinski definition) is 5. The van der Waals surface area contributed by atoms with Gasteiger partial charge in [-0.05, 0) is 36.8 Å². The monoisotopic (exact) mass is 378 g/mol. The summed E-state index contributed by atoms with van der Waals surface area (Å²) in [6, 6.07) is 14.2. The van der Waals surface area contributed by atoms with Crippen molar-refractivity contribution in [3.05, 3.63) is 59.4 Å². The molecule has 0 saturated carbocycles. The number of aromatic nitrogens is 4. The topological polar surface area (TPSA) is 49.6 Å². The summed E-state index contributed by atoms with van der Waals surface area (Å²) in [4.78, 5) is 9.59. The molecule has 27 heavy (non-hydrogen) atoms. The summed E-state index contributed by atoms with van der Waals surface area (Å²) >= 11 is 6.20. The molecule has 0 atom stereocenters. The Morgan fingerprint density at radius 3 is 2.59 bits per heavy atom. The van der Waals surface area contributed by atoms with Crippen molar-refractivity contribution in [1.29, 1.82) is 0 Å². The van der Waals surface area contributed by atoms with E-state index >= 15 is 0 Å². The van der Waals surface area contributed by atoms with Crippen LogP contribution < -0.4 is 9.80 Å². The fourth-order valence-corrected chi connectivity index (χ4v) is 3.95. The Kier molecular flexibility index (Phi) is 3.86. The van der Waals surface area contributed by atoms with Gasteiger partial charge in [-0.3, -0.25) is 4.40 Å². The summed E-state index contributed by atoms with van der Waals surface area (Å²) in [6.07, 6.45) is 1.75. The Bertz CT molecular complexity index is 1130. The summed E-state index contributed by atoms with van der Waals surface area (Å²) in [5.74, 6) is 0.899. The van der Waals surface area contributed by atoms with Gasteiger partial charge < -0.3 is 9.80 Å². The highest BCUT2D eigenvalue weighted by atomic mass is 35.5. The molecule has 1 saturated heterocycles. The van der Waals surface area contributed by atoms with E-state index < -0.39 is 0 Å². The van der Waals surface area contributed by atoms with Crippen molar-refractivity contribution in [1.82, 2.24) is 19.6 Å². The van der Waals surface area contributed by atoms with Crippen LogP contribution in [0.3, 0.4) is 0 Å². The number of anilines is 2. The summed E-state index contributed by atoms with van der Waals surface area (Å²) in [6.45, 7) is 5.72. The molecule has 136 valence electrons. The molecule has 0 spiro atoms. The number of fused-ring (bicyclic) bond motifs is 3. The van der Waals surface area contributed by atoms with Crippen molar-refractivity contribution in [2.24, 2.45) is 0 Å². The average molecular weight is 379 g/mol. The molecule has 0 radical (unpaired) electrons. The predicted molar refractivity (Wildman–Crippen MR) is 109 cm³/mol. The lowest BCUT2D eigenvalue weighted by atomic mass is 10.1. The lowest BCUT2D eigenvalue weighted by Gasteiger charge is -2.37. The maximum absolute atomic E-state index is 6.20. The Balaban J connectivity index is 1.47. The Morgan fingerprint density at radius 2 is 1.74 bits per heavy atom. The van der Waals surface area contributed by atoms with Crippen molar-refractivity contribution in [2.75, 3.05) is 36.0 Å². The number of halogens is 1. The van der Waals surface area contributed by atoms with Gasteiger partial charge >= 0.3 is 0 Å². The van der Waals surface area contributed by atoms with Crippen LogP contribution in [-0.4, -0.2) is 45.8 Å². The van der Waals surface area contributed by atoms with Gasteiger partial charge in [0.05, 0.1) is 5.52 Å². The number of para-hydroxylation sites is 1. The van der Waals surface area contributed by atoms with E-state index in [0.29, 0.717) is 0 Å². The van der Waals surface area contributed by atoms with Crippen molar-refractivity contribution >= 4 is 39.8 Å². The highest BCUT2D eigenvalue weighted by Crippen LogP contribution is 2.27. The van der Waals surface area contributed by atoms with Gasteiger partial charge in [-0.25, -0.2) is 4.98 Å². The Hall–Kier alpha value is -2.86. The molecular weight excluding hydrogens is 360 g/mol. The molecule has 0 bridgehead atoms. The van der Waals surface area contributed by atoms with Gasteiger partial charge in [-0.15, -0.1) is 10.2 Å². The van der Waals surface area contributed by atoms with E-state index in [1.54, 1.807) is 6.33 Å². The fourth-order valence-electron chi connectivity index (χ4n) is 3.78. The normalized spacial score (nSPS) is 15.0. The fraction of sp³-hybridized carbons (Fsp3) is 0.250. The van der Waals surface area contributed by atoms with Gasteiger partial charge in [0.15, 0.2) is 5.65 Å². The van der Waals surface area contributed by atoms with Crippen LogP contribution in [0.25, 0.3) is 16.6 Å². The lowest BCUT2D eigenvalue weighted by molar-refractivity contribution is 0.637. The third-order valence-electron chi connectivity index (χ3n) is 5.20. The van der Waals surface area contributed by atoms with E-state index in [1.165, 1.54) is 11.3 Å². The SMILES string of the molecule is Cc1ccc(Cl)cc1N1CCN(c2nc3ccccc3c3nncn23)CC1. The summed E-state index contributed by atoms with van der Waals surface area (Å²) in [5.41, 5.74) is 4.26. The van der Waals surface area contributed by atoms with Crippen LogP contribution in [0.1, 0.15) is 5.56 Å². The number of piperazine rings is 1. The van der Waals surface area contributed by atoms with Gasteiger partial charge in [0.25, 0.3) is 0 Å². The van der Waals surface area contributed by atoms with Gasteiger partial charge in [0, 0.05) is 42.3 Å². The molecule has 4 aromatic rings. The van der Waals surface area contributed by atoms with E-state index in [9.17, 15) is 0 Å². The van der Waals surface area contributed by atoms with Crippen LogP contribution in [0, 0.1) is 6.92 Å². The smallest absolute Gasteiger partial charge is 0.213 e. The summed E-state index contributed by atoms with van der Waals surface area (Å²) in [5, 5.41) is 10.2. The summed E-state index contributed by atoms with van der Waals surface area (Å²) in [7, 11) is 0. The molecule has 0 amide bonds. The molecule has 1 fully saturated rings. The second kappa shape index (κ2) is 6.39. The Labute approximate surface area is 162 Å². The largest absolute Gasteiger partial charge is 0.368 e. The van der Waals surface area contributed by atoms with Gasteiger partial charge in [0.2, 0.25) is 5.95 Å². The molecule has 1 aliphatic heterocycles. The third-order valence-corrected chi connectivity index (χ3v) is 5.44. The minimum atomic E-state index is 0.778. The zero-order chi connectivity index (χ0) is 18.4. The first-order valence-corrected chi connectivity index (χ1v) is 9.43. The molecule has 1 aliphatic rings. The van der Waals surface area contributed by atoms with Gasteiger partial charge in [-0.1, -0.05) is 29.8 Å². The van der Waals surface area contributed by atoms with Crippen molar-refractivity contribution < 1.29 is 0 Å². The molecular formula is C20H19ClN6. The molecule has 2 aromatic heterocycles. The number of rotatable bonds is 2. The number of nitrogens with zero attached hydrogens (tertiary/aromatic N) is 6. The molecule has 0 N–H and O–H groups in total. The highest BCUT2D eigenvalue weighted by molar-refractivity contribution is 6.30.